The fourth-order valence-corrected chi connectivity index (χ4v) is 5.74. The first-order valence-corrected chi connectivity index (χ1v) is 13.3. The van der Waals surface area contributed by atoms with Gasteiger partial charge in [0.1, 0.15) is 11.4 Å². The molecule has 0 radical (unpaired) electrons. The molecule has 194 valence electrons. The molecular formula is C28H40BN3O4. The molecule has 1 saturated carbocycles. The predicted octanol–water partition coefficient (Wildman–Crippen LogP) is 5.47. The maximum atomic E-state index is 13.2. The van der Waals surface area contributed by atoms with Crippen molar-refractivity contribution in [2.75, 3.05) is 6.54 Å². The number of ether oxygens (including phenoxy) is 1. The highest BCUT2D eigenvalue weighted by molar-refractivity contribution is 6.62. The molecule has 5 rings (SSSR count). The molecule has 7 nitrogen and oxygen atoms in total. The van der Waals surface area contributed by atoms with Gasteiger partial charge in [-0.25, -0.2) is 9.78 Å². The minimum atomic E-state index is -0.526. The third-order valence-corrected chi connectivity index (χ3v) is 8.31. The number of imidazole rings is 1. The van der Waals surface area contributed by atoms with Crippen LogP contribution in [0.15, 0.2) is 30.5 Å². The van der Waals surface area contributed by atoms with Crippen LogP contribution in [-0.4, -0.2) is 51.4 Å². The minimum Gasteiger partial charge on any atom is -0.444 e. The van der Waals surface area contributed by atoms with Crippen LogP contribution < -0.4 is 5.46 Å². The van der Waals surface area contributed by atoms with E-state index in [0.717, 1.165) is 41.9 Å². The standard InChI is InChI=1S/C28H40BN3O4/c1-26(2,3)34-25(33)32-17-18-9-8-10-20(15-18)23(32)24-30-16-22(31-24)19-11-13-21(14-12-19)29-35-27(4,5)28(6,7)36-29/h11-14,16,18,20,23H,8-10,15,17H2,1-7H3,(H,30,31)/t18?,20?,23-/m0/s1. The molecule has 2 aliphatic heterocycles. The van der Waals surface area contributed by atoms with E-state index in [-0.39, 0.29) is 30.5 Å². The van der Waals surface area contributed by atoms with Gasteiger partial charge in [0.05, 0.1) is 29.1 Å². The smallest absolute Gasteiger partial charge is 0.444 e. The summed E-state index contributed by atoms with van der Waals surface area (Å²) in [6.07, 6.45) is 6.28. The van der Waals surface area contributed by atoms with E-state index in [9.17, 15) is 4.79 Å². The molecule has 36 heavy (non-hydrogen) atoms. The van der Waals surface area contributed by atoms with Crippen molar-refractivity contribution in [3.05, 3.63) is 36.3 Å². The second-order valence-electron chi connectivity index (χ2n) is 12.8. The number of nitrogens with one attached hydrogen (secondary N) is 1. The average Bonchev–Trinajstić information content (AvgIpc) is 3.34. The molecule has 1 N–H and O–H groups in total. The van der Waals surface area contributed by atoms with E-state index in [2.05, 4.69) is 56.9 Å². The lowest BCUT2D eigenvalue weighted by Crippen LogP contribution is -2.49. The van der Waals surface area contributed by atoms with Gasteiger partial charge in [-0.3, -0.25) is 4.90 Å². The Labute approximate surface area is 215 Å². The Bertz CT molecular complexity index is 1090. The summed E-state index contributed by atoms with van der Waals surface area (Å²) in [7, 11) is -0.384. The molecule has 0 spiro atoms. The zero-order valence-electron chi connectivity index (χ0n) is 22.8. The summed E-state index contributed by atoms with van der Waals surface area (Å²) in [5, 5.41) is 0. The van der Waals surface area contributed by atoms with Crippen molar-refractivity contribution >= 4 is 18.7 Å². The number of benzene rings is 1. The highest BCUT2D eigenvalue weighted by Crippen LogP contribution is 2.45. The third kappa shape index (κ3) is 4.82. The second-order valence-corrected chi connectivity index (χ2v) is 12.8. The van der Waals surface area contributed by atoms with Crippen molar-refractivity contribution in [2.24, 2.45) is 11.8 Å². The number of piperidine rings is 1. The highest BCUT2D eigenvalue weighted by Gasteiger charge is 2.51. The van der Waals surface area contributed by atoms with Crippen molar-refractivity contribution in [3.63, 3.8) is 0 Å². The number of H-pyrrole nitrogens is 1. The first-order chi connectivity index (χ1) is 16.8. The van der Waals surface area contributed by atoms with Gasteiger partial charge in [0.25, 0.3) is 0 Å². The number of amides is 1. The normalized spacial score (nSPS) is 27.2. The Morgan fingerprint density at radius 3 is 2.42 bits per heavy atom. The van der Waals surface area contributed by atoms with Gasteiger partial charge < -0.3 is 19.0 Å². The maximum Gasteiger partial charge on any atom is 0.494 e. The van der Waals surface area contributed by atoms with Crippen molar-refractivity contribution in [3.8, 4) is 11.3 Å². The number of hydrogen-bond donors (Lipinski definition) is 1. The molecule has 1 aromatic heterocycles. The summed E-state index contributed by atoms with van der Waals surface area (Å²) in [4.78, 5) is 23.4. The lowest BCUT2D eigenvalue weighted by Gasteiger charge is -2.46. The molecule has 2 bridgehead atoms. The van der Waals surface area contributed by atoms with E-state index in [4.69, 9.17) is 19.0 Å². The maximum absolute atomic E-state index is 13.2. The van der Waals surface area contributed by atoms with Crippen LogP contribution in [0.1, 0.15) is 86.0 Å². The first-order valence-electron chi connectivity index (χ1n) is 13.3. The summed E-state index contributed by atoms with van der Waals surface area (Å²) in [5.41, 5.74) is 1.71. The molecule has 2 unspecified atom stereocenters. The lowest BCUT2D eigenvalue weighted by molar-refractivity contribution is -0.0227. The van der Waals surface area contributed by atoms with Gasteiger partial charge in [0.2, 0.25) is 0 Å². The molecule has 8 heteroatoms. The van der Waals surface area contributed by atoms with Crippen LogP contribution >= 0.6 is 0 Å². The van der Waals surface area contributed by atoms with E-state index in [1.807, 2.05) is 31.9 Å². The highest BCUT2D eigenvalue weighted by atomic mass is 16.7. The van der Waals surface area contributed by atoms with Crippen LogP contribution in [0.25, 0.3) is 11.3 Å². The average molecular weight is 493 g/mol. The van der Waals surface area contributed by atoms with Crippen molar-refractivity contribution < 1.29 is 18.8 Å². The summed E-state index contributed by atoms with van der Waals surface area (Å²) < 4.78 is 18.2. The van der Waals surface area contributed by atoms with Crippen LogP contribution in [0, 0.1) is 11.8 Å². The van der Waals surface area contributed by atoms with Crippen LogP contribution in [0.4, 0.5) is 4.79 Å². The minimum absolute atomic E-state index is 0.0887. The van der Waals surface area contributed by atoms with Crippen molar-refractivity contribution in [2.45, 2.75) is 97.0 Å². The summed E-state index contributed by atoms with van der Waals surface area (Å²) in [5.74, 6) is 1.79. The summed E-state index contributed by atoms with van der Waals surface area (Å²) >= 11 is 0. The zero-order valence-corrected chi connectivity index (χ0v) is 22.8. The molecule has 3 atom stereocenters. The van der Waals surface area contributed by atoms with Crippen LogP contribution in [0.2, 0.25) is 0 Å². The number of rotatable bonds is 3. The monoisotopic (exact) mass is 493 g/mol. The number of fused-ring (bicyclic) bond motifs is 2. The van der Waals surface area contributed by atoms with E-state index in [0.29, 0.717) is 11.8 Å². The van der Waals surface area contributed by atoms with Gasteiger partial charge in [-0.2, -0.15) is 0 Å². The van der Waals surface area contributed by atoms with E-state index in [1.165, 1.54) is 12.8 Å². The Hall–Kier alpha value is -2.32. The largest absolute Gasteiger partial charge is 0.494 e. The Morgan fingerprint density at radius 2 is 1.78 bits per heavy atom. The van der Waals surface area contributed by atoms with Gasteiger partial charge in [0.15, 0.2) is 0 Å². The number of carbonyl (C=O) groups excluding carboxylic acids is 1. The molecule has 1 amide bonds. The predicted molar refractivity (Wildman–Crippen MR) is 141 cm³/mol. The zero-order chi connectivity index (χ0) is 25.9. The van der Waals surface area contributed by atoms with Gasteiger partial charge in [-0.1, -0.05) is 30.7 Å². The Kier molecular flexibility index (Phi) is 6.27. The molecular weight excluding hydrogens is 453 g/mol. The third-order valence-electron chi connectivity index (χ3n) is 8.31. The van der Waals surface area contributed by atoms with Crippen molar-refractivity contribution in [1.82, 2.24) is 14.9 Å². The Balaban J connectivity index is 1.37. The topological polar surface area (TPSA) is 76.7 Å². The van der Waals surface area contributed by atoms with E-state index in [1.54, 1.807) is 0 Å². The number of hydrogen-bond acceptors (Lipinski definition) is 5. The van der Waals surface area contributed by atoms with Gasteiger partial charge in [-0.05, 0) is 90.6 Å². The number of aromatic nitrogens is 2. The van der Waals surface area contributed by atoms with Gasteiger partial charge in [0, 0.05) is 6.54 Å². The molecule has 3 aliphatic rings. The van der Waals surface area contributed by atoms with Gasteiger partial charge >= 0.3 is 13.2 Å². The molecule has 1 aromatic carbocycles. The molecule has 2 aromatic rings. The number of carbonyl (C=O) groups is 1. The van der Waals surface area contributed by atoms with Crippen LogP contribution in [0.5, 0.6) is 0 Å². The molecule has 3 heterocycles. The van der Waals surface area contributed by atoms with Crippen molar-refractivity contribution in [1.29, 1.82) is 0 Å². The van der Waals surface area contributed by atoms with Crippen LogP contribution in [0.3, 0.4) is 0 Å². The van der Waals surface area contributed by atoms with E-state index < -0.39 is 5.60 Å². The molecule has 3 fully saturated rings. The SMILES string of the molecule is CC(C)(C)OC(=O)N1CC2CCCC(C2)[C@H]1c1ncc(-c2ccc(B3OC(C)(C)C(C)(C)O3)cc2)[nH]1. The lowest BCUT2D eigenvalue weighted by atomic mass is 9.73. The van der Waals surface area contributed by atoms with E-state index >= 15 is 0 Å². The van der Waals surface area contributed by atoms with Gasteiger partial charge in [-0.15, -0.1) is 0 Å². The molecule has 1 aliphatic carbocycles. The number of likely N-dealkylation sites (tertiary alicyclic amines) is 1. The number of aromatic amines is 1. The summed E-state index contributed by atoms with van der Waals surface area (Å²) in [6, 6.07) is 8.16. The summed E-state index contributed by atoms with van der Waals surface area (Å²) in [6.45, 7) is 14.7. The van der Waals surface area contributed by atoms with Crippen LogP contribution in [-0.2, 0) is 14.0 Å². The first kappa shape index (κ1) is 25.3. The second kappa shape index (κ2) is 8.91. The fourth-order valence-electron chi connectivity index (χ4n) is 5.74. The quantitative estimate of drug-likeness (QED) is 0.574. The molecule has 2 saturated heterocycles. The Morgan fingerprint density at radius 1 is 1.11 bits per heavy atom. The number of nitrogens with zero attached hydrogens (tertiary/aromatic N) is 2. The fraction of sp³-hybridized carbons (Fsp3) is 0.643.